The molecule has 0 fully saturated rings. The van der Waals surface area contributed by atoms with Crippen LogP contribution in [0.2, 0.25) is 0 Å². The van der Waals surface area contributed by atoms with E-state index in [4.69, 9.17) is 4.98 Å². The molecule has 4 aromatic rings. The van der Waals surface area contributed by atoms with Gasteiger partial charge in [0.25, 0.3) is 11.6 Å². The van der Waals surface area contributed by atoms with Crippen molar-refractivity contribution in [2.24, 2.45) is 0 Å². The number of benzene rings is 2. The number of amides is 1. The molecule has 0 saturated carbocycles. The summed E-state index contributed by atoms with van der Waals surface area (Å²) in [6.07, 6.45) is 1.93. The number of rotatable bonds is 5. The summed E-state index contributed by atoms with van der Waals surface area (Å²) in [7, 11) is 0. The van der Waals surface area contributed by atoms with Crippen molar-refractivity contribution in [2.75, 3.05) is 5.32 Å². The van der Waals surface area contributed by atoms with E-state index >= 15 is 0 Å². The second-order valence-electron chi connectivity index (χ2n) is 7.27. The van der Waals surface area contributed by atoms with E-state index < -0.39 is 4.92 Å². The number of aromatic nitrogens is 3. The first-order valence-electron chi connectivity index (χ1n) is 9.88. The lowest BCUT2D eigenvalue weighted by Crippen LogP contribution is -2.14. The number of nitrogens with zero attached hydrogens (tertiary/aromatic N) is 4. The van der Waals surface area contributed by atoms with Crippen LogP contribution in [0.5, 0.6) is 0 Å². The molecule has 0 aliphatic rings. The Balaban J connectivity index is 1.78. The lowest BCUT2D eigenvalue weighted by atomic mass is 10.0. The number of aryl methyl sites for hydroxylation is 3. The van der Waals surface area contributed by atoms with Crippen LogP contribution in [0.4, 0.5) is 11.4 Å². The van der Waals surface area contributed by atoms with Crippen molar-refractivity contribution >= 4 is 28.2 Å². The zero-order valence-corrected chi connectivity index (χ0v) is 17.4. The maximum absolute atomic E-state index is 13.2. The molecule has 8 heteroatoms. The van der Waals surface area contributed by atoms with Crippen molar-refractivity contribution < 1.29 is 9.72 Å². The summed E-state index contributed by atoms with van der Waals surface area (Å²) < 4.78 is 1.83. The van der Waals surface area contributed by atoms with Gasteiger partial charge in [-0.25, -0.2) is 4.98 Å². The number of hydrogen-bond acceptors (Lipinski definition) is 5. The van der Waals surface area contributed by atoms with Crippen molar-refractivity contribution in [3.63, 3.8) is 0 Å². The number of nitrogens with one attached hydrogen (secondary N) is 1. The van der Waals surface area contributed by atoms with Crippen LogP contribution in [0.25, 0.3) is 22.2 Å². The summed E-state index contributed by atoms with van der Waals surface area (Å²) in [5.74, 6) is -0.308. The van der Waals surface area contributed by atoms with E-state index in [-0.39, 0.29) is 11.6 Å². The Morgan fingerprint density at radius 1 is 1.16 bits per heavy atom. The van der Waals surface area contributed by atoms with Gasteiger partial charge in [-0.2, -0.15) is 5.10 Å². The fraction of sp³-hybridized carbons (Fsp3) is 0.174. The van der Waals surface area contributed by atoms with Crippen LogP contribution in [0.3, 0.4) is 0 Å². The summed E-state index contributed by atoms with van der Waals surface area (Å²) in [5.41, 5.74) is 4.66. The fourth-order valence-electron chi connectivity index (χ4n) is 3.52. The van der Waals surface area contributed by atoms with Gasteiger partial charge in [-0.3, -0.25) is 19.6 Å². The van der Waals surface area contributed by atoms with Crippen LogP contribution in [-0.2, 0) is 6.54 Å². The van der Waals surface area contributed by atoms with Crippen LogP contribution in [0.15, 0.2) is 54.7 Å². The summed E-state index contributed by atoms with van der Waals surface area (Å²) in [6, 6.07) is 13.6. The van der Waals surface area contributed by atoms with Crippen LogP contribution in [0, 0.1) is 24.0 Å². The lowest BCUT2D eigenvalue weighted by molar-refractivity contribution is -0.384. The van der Waals surface area contributed by atoms with Gasteiger partial charge in [0.2, 0.25) is 0 Å². The minimum Gasteiger partial charge on any atom is -0.322 e. The molecule has 2 aromatic carbocycles. The van der Waals surface area contributed by atoms with Gasteiger partial charge in [0, 0.05) is 41.5 Å². The van der Waals surface area contributed by atoms with Gasteiger partial charge < -0.3 is 5.32 Å². The molecule has 2 aromatic heterocycles. The second kappa shape index (κ2) is 7.98. The smallest absolute Gasteiger partial charge is 0.269 e. The highest BCUT2D eigenvalue weighted by Crippen LogP contribution is 2.28. The zero-order valence-electron chi connectivity index (χ0n) is 17.4. The van der Waals surface area contributed by atoms with Gasteiger partial charge in [-0.15, -0.1) is 0 Å². The Labute approximate surface area is 178 Å². The van der Waals surface area contributed by atoms with Gasteiger partial charge in [0.15, 0.2) is 0 Å². The van der Waals surface area contributed by atoms with E-state index in [1.54, 1.807) is 19.1 Å². The predicted octanol–water partition coefficient (Wildman–Crippen LogP) is 4.90. The molecule has 0 atom stereocenters. The standard InChI is InChI=1S/C23H21N5O3/c1-4-27-13-19(15(3)26-27)22-12-18(17-7-5-6-8-21(17)24-22)23(29)25-20-10-9-16(28(30)31)11-14(20)2/h5-13H,4H2,1-3H3,(H,25,29). The maximum atomic E-state index is 13.2. The predicted molar refractivity (Wildman–Crippen MR) is 119 cm³/mol. The van der Waals surface area contributed by atoms with E-state index in [2.05, 4.69) is 10.4 Å². The van der Waals surface area contributed by atoms with Crippen molar-refractivity contribution in [1.29, 1.82) is 0 Å². The number of pyridine rings is 1. The minimum absolute atomic E-state index is 0.0180. The Morgan fingerprint density at radius 2 is 1.94 bits per heavy atom. The topological polar surface area (TPSA) is 103 Å². The third kappa shape index (κ3) is 3.87. The molecule has 4 rings (SSSR count). The van der Waals surface area contributed by atoms with Crippen LogP contribution in [0.1, 0.15) is 28.5 Å². The minimum atomic E-state index is -0.458. The molecule has 0 spiro atoms. The van der Waals surface area contributed by atoms with Crippen LogP contribution < -0.4 is 5.32 Å². The third-order valence-electron chi connectivity index (χ3n) is 5.18. The molecule has 156 valence electrons. The van der Waals surface area contributed by atoms with Gasteiger partial charge in [0.1, 0.15) is 0 Å². The number of fused-ring (bicyclic) bond motifs is 1. The van der Waals surface area contributed by atoms with E-state index in [9.17, 15) is 14.9 Å². The molecule has 1 amide bonds. The van der Waals surface area contributed by atoms with Crippen molar-refractivity contribution in [2.45, 2.75) is 27.3 Å². The number of non-ortho nitro benzene ring substituents is 1. The highest BCUT2D eigenvalue weighted by atomic mass is 16.6. The van der Waals surface area contributed by atoms with E-state index in [1.807, 2.05) is 49.0 Å². The van der Waals surface area contributed by atoms with E-state index in [0.29, 0.717) is 28.0 Å². The van der Waals surface area contributed by atoms with E-state index in [0.717, 1.165) is 23.2 Å². The summed E-state index contributed by atoms with van der Waals surface area (Å²) in [5, 5.41) is 19.1. The van der Waals surface area contributed by atoms with Crippen molar-refractivity contribution in [1.82, 2.24) is 14.8 Å². The Hall–Kier alpha value is -4.07. The fourth-order valence-corrected chi connectivity index (χ4v) is 3.52. The molecule has 0 radical (unpaired) electrons. The number of nitro benzene ring substituents is 1. The molecular weight excluding hydrogens is 394 g/mol. The molecule has 0 aliphatic carbocycles. The third-order valence-corrected chi connectivity index (χ3v) is 5.18. The first kappa shape index (κ1) is 20.2. The molecule has 0 unspecified atom stereocenters. The maximum Gasteiger partial charge on any atom is 0.269 e. The molecule has 0 bridgehead atoms. The number of carbonyl (C=O) groups excluding carboxylic acids is 1. The first-order chi connectivity index (χ1) is 14.9. The second-order valence-corrected chi connectivity index (χ2v) is 7.27. The summed E-state index contributed by atoms with van der Waals surface area (Å²) in [4.78, 5) is 28.5. The SMILES string of the molecule is CCn1cc(-c2cc(C(=O)Nc3ccc([N+](=O)[O-])cc3C)c3ccccc3n2)c(C)n1. The lowest BCUT2D eigenvalue weighted by Gasteiger charge is -2.12. The molecule has 0 saturated heterocycles. The van der Waals surface area contributed by atoms with Crippen LogP contribution in [-0.4, -0.2) is 25.6 Å². The zero-order chi connectivity index (χ0) is 22.1. The molecule has 2 heterocycles. The summed E-state index contributed by atoms with van der Waals surface area (Å²) >= 11 is 0. The molecular formula is C23H21N5O3. The molecule has 0 aliphatic heterocycles. The molecule has 1 N–H and O–H groups in total. The van der Waals surface area contributed by atoms with Crippen molar-refractivity contribution in [3.05, 3.63) is 81.7 Å². The van der Waals surface area contributed by atoms with Crippen molar-refractivity contribution in [3.8, 4) is 11.3 Å². The van der Waals surface area contributed by atoms with Crippen LogP contribution >= 0.6 is 0 Å². The van der Waals surface area contributed by atoms with Gasteiger partial charge in [-0.1, -0.05) is 18.2 Å². The Bertz CT molecular complexity index is 1330. The molecule has 31 heavy (non-hydrogen) atoms. The largest absolute Gasteiger partial charge is 0.322 e. The number of hydrogen-bond donors (Lipinski definition) is 1. The Kier molecular flexibility index (Phi) is 5.21. The summed E-state index contributed by atoms with van der Waals surface area (Å²) in [6.45, 7) is 6.39. The number of anilines is 1. The number of nitro groups is 1. The highest BCUT2D eigenvalue weighted by molar-refractivity contribution is 6.13. The average Bonchev–Trinajstić information content (AvgIpc) is 3.15. The quantitative estimate of drug-likeness (QED) is 0.369. The van der Waals surface area contributed by atoms with Gasteiger partial charge >= 0.3 is 0 Å². The average molecular weight is 415 g/mol. The molecule has 8 nitrogen and oxygen atoms in total. The highest BCUT2D eigenvalue weighted by Gasteiger charge is 2.18. The van der Waals surface area contributed by atoms with Gasteiger partial charge in [0.05, 0.1) is 27.4 Å². The first-order valence-corrected chi connectivity index (χ1v) is 9.88. The van der Waals surface area contributed by atoms with E-state index in [1.165, 1.54) is 12.1 Å². The van der Waals surface area contributed by atoms with Gasteiger partial charge in [-0.05, 0) is 44.5 Å². The monoisotopic (exact) mass is 415 g/mol. The number of para-hydroxylation sites is 1. The number of carbonyl (C=O) groups is 1. The normalized spacial score (nSPS) is 10.9. The Morgan fingerprint density at radius 3 is 2.61 bits per heavy atom.